The Hall–Kier alpha value is -1.02. The smallest absolute Gasteiger partial charge is 0.303 e. The Kier molecular flexibility index (Phi) is 13.9. The molecule has 20 atom stereocenters. The van der Waals surface area contributed by atoms with Gasteiger partial charge in [0.1, 0.15) is 12.6 Å². The summed E-state index contributed by atoms with van der Waals surface area (Å²) in [5.41, 5.74) is 1.44. The first-order valence-electron chi connectivity index (χ1n) is 25.0. The number of hydrogen-bond acceptors (Lipinski definition) is 6. The van der Waals surface area contributed by atoms with Gasteiger partial charge in [0.15, 0.2) is 0 Å². The summed E-state index contributed by atoms with van der Waals surface area (Å²) < 4.78 is 11.8. The van der Waals surface area contributed by atoms with Crippen molar-refractivity contribution in [2.24, 2.45) is 98.6 Å². The van der Waals surface area contributed by atoms with E-state index >= 15 is 0 Å². The Labute approximate surface area is 359 Å². The van der Waals surface area contributed by atoms with Crippen LogP contribution < -0.4 is 0 Å². The molecular weight excluding hydrogens is 737 g/mol. The molecule has 1 unspecified atom stereocenters. The van der Waals surface area contributed by atoms with E-state index in [0.717, 1.165) is 62.7 Å². The minimum atomic E-state index is -0.652. The van der Waals surface area contributed by atoms with Crippen molar-refractivity contribution in [1.82, 2.24) is 0 Å². The third kappa shape index (κ3) is 8.43. The maximum absolute atomic E-state index is 11.5. The van der Waals surface area contributed by atoms with Crippen LogP contribution in [0.1, 0.15) is 184 Å². The van der Waals surface area contributed by atoms with Gasteiger partial charge >= 0.3 is 5.97 Å². The van der Waals surface area contributed by atoms with E-state index in [4.69, 9.17) is 9.47 Å². The van der Waals surface area contributed by atoms with E-state index in [1.54, 1.807) is 14.0 Å². The van der Waals surface area contributed by atoms with Gasteiger partial charge in [-0.05, 0) is 215 Å². The Morgan fingerprint density at radius 1 is 0.644 bits per heavy atom. The van der Waals surface area contributed by atoms with Gasteiger partial charge < -0.3 is 29.6 Å². The molecule has 8 saturated carbocycles. The zero-order valence-electron chi connectivity index (χ0n) is 39.1. The minimum absolute atomic E-state index is 0.159. The fourth-order valence-corrected chi connectivity index (χ4v) is 18.1. The van der Waals surface area contributed by atoms with Crippen molar-refractivity contribution in [3.05, 3.63) is 0 Å². The summed E-state index contributed by atoms with van der Waals surface area (Å²) in [5, 5.41) is 30.7. The molecule has 0 bridgehead atoms. The van der Waals surface area contributed by atoms with Gasteiger partial charge in [-0.3, -0.25) is 4.79 Å². The van der Waals surface area contributed by atoms with Crippen LogP contribution in [0.25, 0.3) is 0 Å². The zero-order valence-corrected chi connectivity index (χ0v) is 39.1. The second kappa shape index (κ2) is 17.9. The number of rotatable bonds is 11. The third-order valence-electron chi connectivity index (χ3n) is 21.3. The lowest BCUT2D eigenvalue weighted by molar-refractivity contribution is -0.204. The molecule has 7 heteroatoms. The van der Waals surface area contributed by atoms with Crippen molar-refractivity contribution < 1.29 is 34.4 Å². The summed E-state index contributed by atoms with van der Waals surface area (Å²) in [6.07, 6.45) is 22.3. The second-order valence-corrected chi connectivity index (χ2v) is 24.0. The summed E-state index contributed by atoms with van der Waals surface area (Å²) in [6.45, 7) is 19.4. The van der Waals surface area contributed by atoms with Gasteiger partial charge in [-0.2, -0.15) is 0 Å². The molecule has 7 nitrogen and oxygen atoms in total. The first-order valence-corrected chi connectivity index (χ1v) is 25.0. The van der Waals surface area contributed by atoms with Gasteiger partial charge in [0, 0.05) is 20.0 Å². The minimum Gasteiger partial charge on any atom is -0.481 e. The molecule has 0 aromatic carbocycles. The number of carbonyl (C=O) groups is 2. The molecule has 0 aromatic rings. The number of hydrogen-bond donors (Lipinski definition) is 3. The number of aliphatic hydroxyl groups excluding tert-OH is 2. The average Bonchev–Trinajstić information content (AvgIpc) is 3.73. The first kappa shape index (κ1) is 46.0. The van der Waals surface area contributed by atoms with Crippen molar-refractivity contribution in [3.63, 3.8) is 0 Å². The highest BCUT2D eigenvalue weighted by molar-refractivity contribution is 5.75. The van der Waals surface area contributed by atoms with Crippen molar-refractivity contribution in [2.75, 3.05) is 13.9 Å². The van der Waals surface area contributed by atoms with Crippen LogP contribution in [-0.2, 0) is 19.1 Å². The molecule has 0 radical (unpaired) electrons. The molecule has 338 valence electrons. The highest BCUT2D eigenvalue weighted by atomic mass is 16.7. The number of carboxylic acid groups (broad SMARTS) is 1. The second-order valence-electron chi connectivity index (χ2n) is 24.0. The predicted molar refractivity (Wildman–Crippen MR) is 234 cm³/mol. The first-order chi connectivity index (χ1) is 27.9. The molecule has 0 amide bonds. The lowest BCUT2D eigenvalue weighted by Crippen LogP contribution is -2.58. The zero-order chi connectivity index (χ0) is 42.7. The summed E-state index contributed by atoms with van der Waals surface area (Å²) in [6, 6.07) is 0. The van der Waals surface area contributed by atoms with Crippen LogP contribution in [0.4, 0.5) is 0 Å². The number of aliphatic carboxylic acids is 1. The summed E-state index contributed by atoms with van der Waals surface area (Å²) in [7, 11) is 1.74. The standard InChI is InChI=1S/C27H46O4.C25H42O3/c1-17-10-12-26(3)19(14-17)15-23(31-16-30-5)25-21-8-7-20(18(2)6-9-24(28)29)27(21,4)13-11-22(25)26;1-15(5-6-16(2)26)19-7-8-20-23-21(10-12-25(19,20)4)24(3)11-9-18(27)13-17(24)14-22(23)28/h17-23,25H,6-16H2,1-5H3,(H,28,29);15,17-23,27-28H,5-14H2,1-4H3/t17-,18-,19+,20-,21+,22+,23?,25+,26+,27-;15-,17+,18-,19-,20+,21+,22-,23+,24+,25-/m11/s1. The van der Waals surface area contributed by atoms with Gasteiger partial charge in [-0.15, -0.1) is 0 Å². The SMILES string of the molecule is CC(=O)CC[C@@H](C)[C@H]1CC[C@H]2[C@@H]3[C@H](O)C[C@@H]4C[C@H](O)CC[C@]4(C)[C@H]3CC[C@]12C.COCOC1C[C@@H]2C[C@H](C)CC[C@]2(C)[C@H]2CC[C@]3(C)[C@@H]([C@H](C)CCC(=O)O)CC[C@H]3[C@H]12. The molecule has 8 fully saturated rings. The van der Waals surface area contributed by atoms with Crippen molar-refractivity contribution in [3.8, 4) is 0 Å². The highest BCUT2D eigenvalue weighted by Crippen LogP contribution is 2.70. The van der Waals surface area contributed by atoms with Gasteiger partial charge in [0.2, 0.25) is 0 Å². The van der Waals surface area contributed by atoms with Crippen molar-refractivity contribution >= 4 is 11.8 Å². The monoisotopic (exact) mass is 825 g/mol. The molecule has 3 N–H and O–H groups in total. The number of Topliss-reactive ketones (excluding diaryl/α,β-unsaturated/α-hetero) is 1. The maximum Gasteiger partial charge on any atom is 0.303 e. The Morgan fingerprint density at radius 3 is 1.73 bits per heavy atom. The van der Waals surface area contributed by atoms with Gasteiger partial charge in [0.25, 0.3) is 0 Å². The van der Waals surface area contributed by atoms with Gasteiger partial charge in [-0.25, -0.2) is 0 Å². The molecule has 0 aliphatic heterocycles. The fraction of sp³-hybridized carbons (Fsp3) is 0.962. The van der Waals surface area contributed by atoms with E-state index < -0.39 is 5.97 Å². The summed E-state index contributed by atoms with van der Waals surface area (Å²) in [5.74, 6) is 8.05. The number of aliphatic hydroxyl groups is 2. The number of ether oxygens (including phenoxy) is 2. The van der Waals surface area contributed by atoms with E-state index in [1.807, 2.05) is 0 Å². The van der Waals surface area contributed by atoms with Crippen LogP contribution in [0.15, 0.2) is 0 Å². The lowest BCUT2D eigenvalue weighted by atomic mass is 9.43. The van der Waals surface area contributed by atoms with E-state index in [2.05, 4.69) is 48.5 Å². The number of ketones is 1. The molecule has 8 aliphatic rings. The number of carboxylic acids is 1. The fourth-order valence-electron chi connectivity index (χ4n) is 18.1. The van der Waals surface area contributed by atoms with Crippen molar-refractivity contribution in [1.29, 1.82) is 0 Å². The molecule has 0 aromatic heterocycles. The lowest BCUT2D eigenvalue weighted by Gasteiger charge is -2.63. The largest absolute Gasteiger partial charge is 0.481 e. The Bertz CT molecular complexity index is 1470. The van der Waals surface area contributed by atoms with Gasteiger partial charge in [0.05, 0.1) is 18.3 Å². The number of carbonyl (C=O) groups excluding carboxylic acids is 1. The highest BCUT2D eigenvalue weighted by Gasteiger charge is 2.65. The average molecular weight is 825 g/mol. The predicted octanol–water partition coefficient (Wildman–Crippen LogP) is 11.4. The van der Waals surface area contributed by atoms with Crippen LogP contribution in [0.5, 0.6) is 0 Å². The quantitative estimate of drug-likeness (QED) is 0.178. The van der Waals surface area contributed by atoms with E-state index in [1.165, 1.54) is 77.0 Å². The van der Waals surface area contributed by atoms with Crippen LogP contribution in [0.3, 0.4) is 0 Å². The van der Waals surface area contributed by atoms with Crippen LogP contribution >= 0.6 is 0 Å². The Balaban J connectivity index is 0.000000180. The van der Waals surface area contributed by atoms with E-state index in [9.17, 15) is 24.9 Å². The molecule has 8 aliphatic carbocycles. The maximum atomic E-state index is 11.5. The van der Waals surface area contributed by atoms with E-state index in [-0.39, 0.29) is 12.2 Å². The summed E-state index contributed by atoms with van der Waals surface area (Å²) in [4.78, 5) is 22.7. The van der Waals surface area contributed by atoms with E-state index in [0.29, 0.717) is 106 Å². The molecular formula is C52H88O7. The normalized spacial score (nSPS) is 49.7. The van der Waals surface area contributed by atoms with Gasteiger partial charge in [-0.1, -0.05) is 54.9 Å². The number of methoxy groups -OCH3 is 1. The molecule has 59 heavy (non-hydrogen) atoms. The van der Waals surface area contributed by atoms with Crippen LogP contribution in [0.2, 0.25) is 0 Å². The summed E-state index contributed by atoms with van der Waals surface area (Å²) >= 11 is 0. The number of fused-ring (bicyclic) bond motifs is 10. The third-order valence-corrected chi connectivity index (χ3v) is 21.3. The molecule has 0 saturated heterocycles. The molecule has 8 rings (SSSR count). The molecule has 0 spiro atoms. The van der Waals surface area contributed by atoms with Crippen LogP contribution in [-0.4, -0.2) is 59.3 Å². The molecule has 0 heterocycles. The van der Waals surface area contributed by atoms with Crippen LogP contribution in [0, 0.1) is 98.6 Å². The Morgan fingerprint density at radius 2 is 1.15 bits per heavy atom. The van der Waals surface area contributed by atoms with Crippen molar-refractivity contribution in [2.45, 2.75) is 202 Å². The topological polar surface area (TPSA) is 113 Å².